The van der Waals surface area contributed by atoms with E-state index in [1.54, 1.807) is 0 Å². The van der Waals surface area contributed by atoms with Crippen molar-refractivity contribution in [1.82, 2.24) is 10.2 Å². The van der Waals surface area contributed by atoms with Crippen LogP contribution in [0.1, 0.15) is 30.4 Å². The van der Waals surface area contributed by atoms with Crippen LogP contribution in [-0.4, -0.2) is 37.5 Å². The molecule has 0 spiro atoms. The number of hydrogen-bond acceptors (Lipinski definition) is 2. The molecular weight excluding hydrogens is 368 g/mol. The second-order valence-electron chi connectivity index (χ2n) is 7.83. The summed E-state index contributed by atoms with van der Waals surface area (Å²) in [6.07, 6.45) is 4.79. The third kappa shape index (κ3) is 6.96. The molecule has 0 saturated carbocycles. The molecule has 28 heavy (non-hydrogen) atoms. The van der Waals surface area contributed by atoms with Crippen molar-refractivity contribution >= 4 is 18.3 Å². The number of rotatable bonds is 8. The maximum Gasteiger partial charge on any atom is 0.222 e. The van der Waals surface area contributed by atoms with Crippen LogP contribution in [0.25, 0.3) is 0 Å². The maximum absolute atomic E-state index is 13.0. The number of piperidine rings is 1. The van der Waals surface area contributed by atoms with Crippen molar-refractivity contribution in [2.45, 2.75) is 32.1 Å². The lowest BCUT2D eigenvalue weighted by Gasteiger charge is -2.33. The van der Waals surface area contributed by atoms with Gasteiger partial charge in [0, 0.05) is 19.5 Å². The highest BCUT2D eigenvalue weighted by Crippen LogP contribution is 2.22. The fraction of sp³-hybridized carbons (Fsp3) is 0.458. The van der Waals surface area contributed by atoms with Crippen molar-refractivity contribution in [1.29, 1.82) is 0 Å². The molecule has 1 saturated heterocycles. The largest absolute Gasteiger partial charge is 0.343 e. The van der Waals surface area contributed by atoms with Gasteiger partial charge in [-0.1, -0.05) is 60.7 Å². The van der Waals surface area contributed by atoms with Crippen molar-refractivity contribution in [2.24, 2.45) is 11.8 Å². The van der Waals surface area contributed by atoms with E-state index in [1.165, 1.54) is 11.1 Å². The fourth-order valence-corrected chi connectivity index (χ4v) is 4.16. The van der Waals surface area contributed by atoms with E-state index in [9.17, 15) is 4.79 Å². The molecule has 1 aliphatic rings. The first-order valence-corrected chi connectivity index (χ1v) is 10.2. The number of nitrogens with one attached hydrogen (secondary N) is 1. The third-order valence-electron chi connectivity index (χ3n) is 5.66. The molecule has 152 valence electrons. The molecule has 2 aromatic rings. The number of amides is 1. The van der Waals surface area contributed by atoms with E-state index < -0.39 is 0 Å². The summed E-state index contributed by atoms with van der Waals surface area (Å²) in [6.45, 7) is 2.88. The maximum atomic E-state index is 13.0. The SMILES string of the molecule is CNCC1CCN(C(=O)CC(Cc2ccccc2)Cc2ccccc2)CC1.Cl. The molecule has 2 aromatic carbocycles. The van der Waals surface area contributed by atoms with Crippen LogP contribution in [0.5, 0.6) is 0 Å². The van der Waals surface area contributed by atoms with Crippen LogP contribution in [0, 0.1) is 11.8 Å². The van der Waals surface area contributed by atoms with Crippen LogP contribution in [0.3, 0.4) is 0 Å². The minimum Gasteiger partial charge on any atom is -0.343 e. The zero-order chi connectivity index (χ0) is 18.9. The Hall–Kier alpha value is -1.84. The summed E-state index contributed by atoms with van der Waals surface area (Å²) >= 11 is 0. The predicted molar refractivity (Wildman–Crippen MR) is 119 cm³/mol. The summed E-state index contributed by atoms with van der Waals surface area (Å²) < 4.78 is 0. The van der Waals surface area contributed by atoms with Crippen molar-refractivity contribution in [2.75, 3.05) is 26.7 Å². The highest BCUT2D eigenvalue weighted by atomic mass is 35.5. The van der Waals surface area contributed by atoms with E-state index in [-0.39, 0.29) is 12.4 Å². The lowest BCUT2D eigenvalue weighted by atomic mass is 9.89. The van der Waals surface area contributed by atoms with Crippen LogP contribution < -0.4 is 5.32 Å². The summed E-state index contributed by atoms with van der Waals surface area (Å²) in [5.41, 5.74) is 2.64. The van der Waals surface area contributed by atoms with Crippen LogP contribution in [0.4, 0.5) is 0 Å². The Kier molecular flexibility index (Phi) is 9.52. The molecule has 1 amide bonds. The Balaban J connectivity index is 0.00000280. The average molecular weight is 401 g/mol. The number of carbonyl (C=O) groups excluding carboxylic acids is 1. The molecule has 3 nitrogen and oxygen atoms in total. The highest BCUT2D eigenvalue weighted by Gasteiger charge is 2.24. The zero-order valence-corrected chi connectivity index (χ0v) is 17.7. The van der Waals surface area contributed by atoms with Gasteiger partial charge in [0.2, 0.25) is 5.91 Å². The number of hydrogen-bond donors (Lipinski definition) is 1. The topological polar surface area (TPSA) is 32.3 Å². The Labute approximate surface area is 175 Å². The molecule has 3 rings (SSSR count). The van der Waals surface area contributed by atoms with Gasteiger partial charge >= 0.3 is 0 Å². The van der Waals surface area contributed by atoms with E-state index in [1.807, 2.05) is 7.05 Å². The first-order valence-electron chi connectivity index (χ1n) is 10.2. The standard InChI is InChI=1S/C24H32N2O.ClH/c1-25-19-22-12-14-26(15-13-22)24(27)18-23(16-20-8-4-2-5-9-20)17-21-10-6-3-7-11-21;/h2-11,22-23,25H,12-19H2,1H3;1H. The molecule has 1 fully saturated rings. The normalized spacial score (nSPS) is 14.7. The first kappa shape index (κ1) is 22.4. The molecule has 1 N–H and O–H groups in total. The van der Waals surface area contributed by atoms with Gasteiger partial charge in [-0.3, -0.25) is 4.79 Å². The second-order valence-corrected chi connectivity index (χ2v) is 7.83. The smallest absolute Gasteiger partial charge is 0.222 e. The van der Waals surface area contributed by atoms with Gasteiger partial charge < -0.3 is 10.2 Å². The minimum atomic E-state index is 0. The summed E-state index contributed by atoms with van der Waals surface area (Å²) in [4.78, 5) is 15.1. The van der Waals surface area contributed by atoms with Gasteiger partial charge in [0.25, 0.3) is 0 Å². The number of benzene rings is 2. The van der Waals surface area contributed by atoms with Crippen molar-refractivity contribution in [3.05, 3.63) is 71.8 Å². The number of nitrogens with zero attached hydrogens (tertiary/aromatic N) is 1. The molecular formula is C24H33ClN2O. The zero-order valence-electron chi connectivity index (χ0n) is 16.8. The third-order valence-corrected chi connectivity index (χ3v) is 5.66. The van der Waals surface area contributed by atoms with Crippen molar-refractivity contribution in [3.8, 4) is 0 Å². The number of carbonyl (C=O) groups is 1. The van der Waals surface area contributed by atoms with Crippen molar-refractivity contribution in [3.63, 3.8) is 0 Å². The van der Waals surface area contributed by atoms with Gasteiger partial charge in [-0.05, 0) is 62.2 Å². The molecule has 0 aromatic heterocycles. The lowest BCUT2D eigenvalue weighted by molar-refractivity contribution is -0.133. The Bertz CT molecular complexity index is 643. The van der Waals surface area contributed by atoms with Gasteiger partial charge in [-0.25, -0.2) is 0 Å². The minimum absolute atomic E-state index is 0. The monoisotopic (exact) mass is 400 g/mol. The number of halogens is 1. The van der Waals surface area contributed by atoms with E-state index in [4.69, 9.17) is 0 Å². The molecule has 0 radical (unpaired) electrons. The van der Waals surface area contributed by atoms with E-state index >= 15 is 0 Å². The number of likely N-dealkylation sites (tertiary alicyclic amines) is 1. The van der Waals surface area contributed by atoms with Gasteiger partial charge in [0.05, 0.1) is 0 Å². The highest BCUT2D eigenvalue weighted by molar-refractivity contribution is 5.85. The molecule has 0 atom stereocenters. The van der Waals surface area contributed by atoms with Crippen LogP contribution in [-0.2, 0) is 17.6 Å². The van der Waals surface area contributed by atoms with Crippen molar-refractivity contribution < 1.29 is 4.79 Å². The van der Waals surface area contributed by atoms with E-state index in [2.05, 4.69) is 70.9 Å². The van der Waals surface area contributed by atoms with E-state index in [0.29, 0.717) is 24.2 Å². The molecule has 0 aliphatic carbocycles. The van der Waals surface area contributed by atoms with Gasteiger partial charge in [-0.2, -0.15) is 0 Å². The lowest BCUT2D eigenvalue weighted by Crippen LogP contribution is -2.41. The molecule has 0 bridgehead atoms. The van der Waals surface area contributed by atoms with Crippen LogP contribution >= 0.6 is 12.4 Å². The summed E-state index contributed by atoms with van der Waals surface area (Å²) in [7, 11) is 2.01. The van der Waals surface area contributed by atoms with Gasteiger partial charge in [0.1, 0.15) is 0 Å². The Morgan fingerprint density at radius 2 is 1.46 bits per heavy atom. The second kappa shape index (κ2) is 11.9. The molecule has 0 unspecified atom stereocenters. The van der Waals surface area contributed by atoms with E-state index in [0.717, 1.165) is 45.3 Å². The predicted octanol–water partition coefficient (Wildman–Crippen LogP) is 4.36. The van der Waals surface area contributed by atoms with Gasteiger partial charge in [-0.15, -0.1) is 12.4 Å². The summed E-state index contributed by atoms with van der Waals surface area (Å²) in [6, 6.07) is 21.1. The molecule has 1 aliphatic heterocycles. The summed E-state index contributed by atoms with van der Waals surface area (Å²) in [5, 5.41) is 3.26. The summed E-state index contributed by atoms with van der Waals surface area (Å²) in [5.74, 6) is 1.38. The Morgan fingerprint density at radius 3 is 1.93 bits per heavy atom. The average Bonchev–Trinajstić information content (AvgIpc) is 2.70. The first-order chi connectivity index (χ1) is 13.2. The van der Waals surface area contributed by atoms with Gasteiger partial charge in [0.15, 0.2) is 0 Å². The molecule has 1 heterocycles. The molecule has 4 heteroatoms. The Morgan fingerprint density at radius 1 is 0.964 bits per heavy atom. The van der Waals surface area contributed by atoms with Crippen LogP contribution in [0.15, 0.2) is 60.7 Å². The quantitative estimate of drug-likeness (QED) is 0.714. The van der Waals surface area contributed by atoms with Crippen LogP contribution in [0.2, 0.25) is 0 Å². The fourth-order valence-electron chi connectivity index (χ4n) is 4.16.